The zero-order valence-corrected chi connectivity index (χ0v) is 11.3. The molecule has 0 amide bonds. The molecule has 17 heavy (non-hydrogen) atoms. The highest BCUT2D eigenvalue weighted by Gasteiger charge is 2.51. The van der Waals surface area contributed by atoms with Crippen molar-refractivity contribution in [3.63, 3.8) is 0 Å². The number of hydrogen-bond acceptors (Lipinski definition) is 2. The number of rotatable bonds is 3. The third kappa shape index (κ3) is 2.16. The van der Waals surface area contributed by atoms with Crippen molar-refractivity contribution in [1.29, 1.82) is 0 Å². The van der Waals surface area contributed by atoms with Gasteiger partial charge in [-0.15, -0.1) is 0 Å². The molecule has 1 fully saturated rings. The van der Waals surface area contributed by atoms with E-state index in [0.717, 1.165) is 6.42 Å². The minimum atomic E-state index is -0.355. The standard InChI is InChI=1S/C13H14Cl2O2/c1-3-13(2)11(16)7-12(13)17-8-4-5-9(14)10(15)6-8/h4-6,12H,3,7H2,1-2H3. The van der Waals surface area contributed by atoms with Gasteiger partial charge in [0.05, 0.1) is 15.5 Å². The Morgan fingerprint density at radius 2 is 2.12 bits per heavy atom. The van der Waals surface area contributed by atoms with Crippen LogP contribution in [0.3, 0.4) is 0 Å². The van der Waals surface area contributed by atoms with Gasteiger partial charge >= 0.3 is 0 Å². The zero-order chi connectivity index (χ0) is 12.6. The molecule has 92 valence electrons. The van der Waals surface area contributed by atoms with E-state index in [-0.39, 0.29) is 17.3 Å². The van der Waals surface area contributed by atoms with Gasteiger partial charge in [0.1, 0.15) is 17.6 Å². The molecule has 0 radical (unpaired) electrons. The molecule has 0 spiro atoms. The molecule has 0 N–H and O–H groups in total. The molecule has 0 heterocycles. The van der Waals surface area contributed by atoms with E-state index in [4.69, 9.17) is 27.9 Å². The molecule has 1 aromatic rings. The van der Waals surface area contributed by atoms with Gasteiger partial charge in [0.15, 0.2) is 0 Å². The summed E-state index contributed by atoms with van der Waals surface area (Å²) >= 11 is 11.7. The van der Waals surface area contributed by atoms with Gasteiger partial charge in [-0.2, -0.15) is 0 Å². The quantitative estimate of drug-likeness (QED) is 0.827. The summed E-state index contributed by atoms with van der Waals surface area (Å²) in [5.41, 5.74) is -0.355. The van der Waals surface area contributed by atoms with Gasteiger partial charge in [-0.25, -0.2) is 0 Å². The van der Waals surface area contributed by atoms with Gasteiger partial charge in [0.2, 0.25) is 0 Å². The Morgan fingerprint density at radius 3 is 2.65 bits per heavy atom. The Labute approximate surface area is 111 Å². The van der Waals surface area contributed by atoms with E-state index in [9.17, 15) is 4.79 Å². The summed E-state index contributed by atoms with van der Waals surface area (Å²) in [4.78, 5) is 11.6. The number of ether oxygens (including phenoxy) is 1. The number of carbonyl (C=O) groups excluding carboxylic acids is 1. The average molecular weight is 273 g/mol. The summed E-state index contributed by atoms with van der Waals surface area (Å²) in [5, 5.41) is 0.968. The van der Waals surface area contributed by atoms with Crippen LogP contribution in [0.4, 0.5) is 0 Å². The lowest BCUT2D eigenvalue weighted by atomic mass is 9.64. The lowest BCUT2D eigenvalue weighted by Crippen LogP contribution is -2.54. The highest BCUT2D eigenvalue weighted by Crippen LogP contribution is 2.43. The second kappa shape index (κ2) is 4.51. The van der Waals surface area contributed by atoms with Crippen LogP contribution >= 0.6 is 23.2 Å². The fourth-order valence-electron chi connectivity index (χ4n) is 1.99. The third-order valence-electron chi connectivity index (χ3n) is 3.62. The van der Waals surface area contributed by atoms with Crippen LogP contribution in [-0.2, 0) is 4.79 Å². The van der Waals surface area contributed by atoms with Crippen molar-refractivity contribution in [2.75, 3.05) is 0 Å². The van der Waals surface area contributed by atoms with Gasteiger partial charge in [-0.3, -0.25) is 4.79 Å². The maximum absolute atomic E-state index is 11.6. The lowest BCUT2D eigenvalue weighted by molar-refractivity contribution is -0.150. The Hall–Kier alpha value is -0.730. The van der Waals surface area contributed by atoms with Crippen LogP contribution in [-0.4, -0.2) is 11.9 Å². The van der Waals surface area contributed by atoms with Gasteiger partial charge in [-0.1, -0.05) is 30.1 Å². The Morgan fingerprint density at radius 1 is 1.41 bits per heavy atom. The molecule has 0 aromatic heterocycles. The van der Waals surface area contributed by atoms with Crippen molar-refractivity contribution < 1.29 is 9.53 Å². The van der Waals surface area contributed by atoms with Crippen molar-refractivity contribution in [2.45, 2.75) is 32.8 Å². The SMILES string of the molecule is CCC1(C)C(=O)CC1Oc1ccc(Cl)c(Cl)c1. The summed E-state index contributed by atoms with van der Waals surface area (Å²) < 4.78 is 5.80. The van der Waals surface area contributed by atoms with Gasteiger partial charge < -0.3 is 4.74 Å². The third-order valence-corrected chi connectivity index (χ3v) is 4.36. The van der Waals surface area contributed by atoms with E-state index < -0.39 is 0 Å². The summed E-state index contributed by atoms with van der Waals surface area (Å²) in [6.07, 6.45) is 1.21. The molecule has 2 nitrogen and oxygen atoms in total. The Kier molecular flexibility index (Phi) is 3.37. The normalized spacial score (nSPS) is 27.8. The average Bonchev–Trinajstić information content (AvgIpc) is 2.32. The first-order chi connectivity index (χ1) is 7.97. The highest BCUT2D eigenvalue weighted by molar-refractivity contribution is 6.42. The predicted molar refractivity (Wildman–Crippen MR) is 68.9 cm³/mol. The van der Waals surface area contributed by atoms with E-state index in [0.29, 0.717) is 22.2 Å². The molecule has 0 saturated heterocycles. The maximum Gasteiger partial charge on any atom is 0.146 e. The lowest BCUT2D eigenvalue weighted by Gasteiger charge is -2.44. The van der Waals surface area contributed by atoms with Crippen LogP contribution < -0.4 is 4.74 Å². The molecular weight excluding hydrogens is 259 g/mol. The first kappa shape index (κ1) is 12.7. The van der Waals surface area contributed by atoms with Gasteiger partial charge in [-0.05, 0) is 25.5 Å². The second-order valence-corrected chi connectivity index (χ2v) is 5.40. The van der Waals surface area contributed by atoms with Crippen molar-refractivity contribution in [1.82, 2.24) is 0 Å². The molecule has 1 aliphatic carbocycles. The molecule has 1 saturated carbocycles. The zero-order valence-electron chi connectivity index (χ0n) is 9.80. The van der Waals surface area contributed by atoms with Crippen molar-refractivity contribution >= 4 is 29.0 Å². The Balaban J connectivity index is 2.12. The van der Waals surface area contributed by atoms with Crippen molar-refractivity contribution in [3.8, 4) is 5.75 Å². The minimum Gasteiger partial charge on any atom is -0.489 e. The summed E-state index contributed by atoms with van der Waals surface area (Å²) in [6, 6.07) is 5.15. The predicted octanol–water partition coefficient (Wildman–Crippen LogP) is 4.13. The van der Waals surface area contributed by atoms with Crippen LogP contribution in [0, 0.1) is 5.41 Å². The first-order valence-electron chi connectivity index (χ1n) is 5.62. The van der Waals surface area contributed by atoms with Crippen LogP contribution in [0.5, 0.6) is 5.75 Å². The van der Waals surface area contributed by atoms with E-state index in [1.165, 1.54) is 0 Å². The van der Waals surface area contributed by atoms with Crippen LogP contribution in [0.2, 0.25) is 10.0 Å². The van der Waals surface area contributed by atoms with E-state index in [2.05, 4.69) is 0 Å². The van der Waals surface area contributed by atoms with Crippen molar-refractivity contribution in [2.24, 2.45) is 5.41 Å². The van der Waals surface area contributed by atoms with Crippen LogP contribution in [0.25, 0.3) is 0 Å². The molecule has 1 aromatic carbocycles. The fourth-order valence-corrected chi connectivity index (χ4v) is 2.27. The largest absolute Gasteiger partial charge is 0.489 e. The van der Waals surface area contributed by atoms with E-state index >= 15 is 0 Å². The number of benzene rings is 1. The number of halogens is 2. The Bertz CT molecular complexity index is 459. The molecule has 0 bridgehead atoms. The molecule has 2 unspecified atom stereocenters. The van der Waals surface area contributed by atoms with Crippen molar-refractivity contribution in [3.05, 3.63) is 28.2 Å². The molecule has 1 aliphatic rings. The second-order valence-electron chi connectivity index (χ2n) is 4.58. The highest BCUT2D eigenvalue weighted by atomic mass is 35.5. The number of carbonyl (C=O) groups is 1. The molecule has 4 heteroatoms. The molecule has 2 atom stereocenters. The van der Waals surface area contributed by atoms with E-state index in [1.54, 1.807) is 18.2 Å². The topological polar surface area (TPSA) is 26.3 Å². The van der Waals surface area contributed by atoms with Gasteiger partial charge in [0, 0.05) is 12.5 Å². The fraction of sp³-hybridized carbons (Fsp3) is 0.462. The summed E-state index contributed by atoms with van der Waals surface area (Å²) in [5.74, 6) is 0.932. The number of Topliss-reactive ketones (excluding diaryl/α,β-unsaturated/α-hetero) is 1. The maximum atomic E-state index is 11.6. The molecular formula is C13H14Cl2O2. The number of ketones is 1. The van der Waals surface area contributed by atoms with E-state index in [1.807, 2.05) is 13.8 Å². The first-order valence-corrected chi connectivity index (χ1v) is 6.38. The summed E-state index contributed by atoms with van der Waals surface area (Å²) in [7, 11) is 0. The van der Waals surface area contributed by atoms with Crippen LogP contribution in [0.15, 0.2) is 18.2 Å². The monoisotopic (exact) mass is 272 g/mol. The van der Waals surface area contributed by atoms with Gasteiger partial charge in [0.25, 0.3) is 0 Å². The minimum absolute atomic E-state index is 0.0581. The number of hydrogen-bond donors (Lipinski definition) is 0. The molecule has 0 aliphatic heterocycles. The summed E-state index contributed by atoms with van der Waals surface area (Å²) in [6.45, 7) is 3.95. The van der Waals surface area contributed by atoms with Crippen LogP contribution in [0.1, 0.15) is 26.7 Å². The molecule has 2 rings (SSSR count). The smallest absolute Gasteiger partial charge is 0.146 e.